The van der Waals surface area contributed by atoms with E-state index >= 15 is 0 Å². The van der Waals surface area contributed by atoms with E-state index in [2.05, 4.69) is 21.9 Å². The third-order valence-corrected chi connectivity index (χ3v) is 2.61. The third-order valence-electron chi connectivity index (χ3n) is 2.61. The van der Waals surface area contributed by atoms with Crippen LogP contribution in [0.25, 0.3) is 5.70 Å². The van der Waals surface area contributed by atoms with Gasteiger partial charge in [0.2, 0.25) is 0 Å². The zero-order valence-corrected chi connectivity index (χ0v) is 7.75. The Morgan fingerprint density at radius 1 is 1.21 bits per heavy atom. The topological polar surface area (TPSA) is 36.4 Å². The molecule has 70 valence electrons. The number of rotatable bonds is 0. The molecule has 0 saturated carbocycles. The van der Waals surface area contributed by atoms with Crippen molar-refractivity contribution in [1.29, 1.82) is 0 Å². The first kappa shape index (κ1) is 7.76. The van der Waals surface area contributed by atoms with Gasteiger partial charge in [0.15, 0.2) is 0 Å². The molecule has 2 aliphatic rings. The maximum atomic E-state index is 4.43. The Morgan fingerprint density at radius 3 is 3.14 bits per heavy atom. The summed E-state index contributed by atoms with van der Waals surface area (Å²) in [5.74, 6) is 0. The Bertz CT molecular complexity index is 432. The molecule has 2 heterocycles. The second-order valence-electron chi connectivity index (χ2n) is 3.49. The number of para-hydroxylation sites is 1. The second kappa shape index (κ2) is 2.96. The van der Waals surface area contributed by atoms with Crippen molar-refractivity contribution < 1.29 is 0 Å². The first-order valence-corrected chi connectivity index (χ1v) is 4.78. The van der Waals surface area contributed by atoms with Crippen molar-refractivity contribution in [3.63, 3.8) is 0 Å². The van der Waals surface area contributed by atoms with Crippen molar-refractivity contribution in [3.8, 4) is 0 Å². The van der Waals surface area contributed by atoms with Gasteiger partial charge < -0.3 is 5.43 Å². The minimum absolute atomic E-state index is 0.912. The third kappa shape index (κ3) is 1.06. The highest BCUT2D eigenvalue weighted by molar-refractivity contribution is 5.84. The van der Waals surface area contributed by atoms with Crippen LogP contribution in [0.4, 0.5) is 5.69 Å². The Hall–Kier alpha value is -1.61. The first-order valence-electron chi connectivity index (χ1n) is 4.78. The van der Waals surface area contributed by atoms with E-state index in [1.165, 1.54) is 16.8 Å². The van der Waals surface area contributed by atoms with Crippen LogP contribution in [0.3, 0.4) is 0 Å². The highest BCUT2D eigenvalue weighted by Gasteiger charge is 2.18. The smallest absolute Gasteiger partial charge is 0.0719 e. The molecule has 0 aliphatic carbocycles. The summed E-state index contributed by atoms with van der Waals surface area (Å²) < 4.78 is 0. The van der Waals surface area contributed by atoms with Gasteiger partial charge in [0, 0.05) is 24.7 Å². The monoisotopic (exact) mass is 185 g/mol. The second-order valence-corrected chi connectivity index (χ2v) is 3.49. The summed E-state index contributed by atoms with van der Waals surface area (Å²) in [4.78, 5) is 4.43. The van der Waals surface area contributed by atoms with E-state index < -0.39 is 0 Å². The Kier molecular flexibility index (Phi) is 1.64. The summed E-state index contributed by atoms with van der Waals surface area (Å²) in [5, 5.41) is 0. The lowest BCUT2D eigenvalue weighted by atomic mass is 10.1. The number of aliphatic imine (C=N–C) groups is 1. The van der Waals surface area contributed by atoms with Crippen molar-refractivity contribution in [2.45, 2.75) is 6.42 Å². The lowest BCUT2D eigenvalue weighted by Crippen LogP contribution is -2.23. The minimum Gasteiger partial charge on any atom is -0.320 e. The fraction of sp³-hybridized carbons (Fsp3) is 0.182. The van der Waals surface area contributed by atoms with Crippen LogP contribution in [0.1, 0.15) is 12.0 Å². The maximum absolute atomic E-state index is 4.43. The molecule has 2 N–H and O–H groups in total. The van der Waals surface area contributed by atoms with Crippen LogP contribution in [0.15, 0.2) is 34.8 Å². The summed E-state index contributed by atoms with van der Waals surface area (Å²) in [6, 6.07) is 8.21. The Morgan fingerprint density at radius 2 is 2.14 bits per heavy atom. The predicted octanol–water partition coefficient (Wildman–Crippen LogP) is 1.61. The molecule has 14 heavy (non-hydrogen) atoms. The van der Waals surface area contributed by atoms with Crippen LogP contribution >= 0.6 is 0 Å². The SMILES string of the molecule is C1=Nc2ccccc2C2=C(C1)CNN2. The molecule has 0 bridgehead atoms. The van der Waals surface area contributed by atoms with Gasteiger partial charge in [-0.05, 0) is 11.6 Å². The zero-order valence-electron chi connectivity index (χ0n) is 7.75. The predicted molar refractivity (Wildman–Crippen MR) is 57.3 cm³/mol. The van der Waals surface area contributed by atoms with E-state index in [9.17, 15) is 0 Å². The molecule has 3 rings (SSSR count). The number of hydrazine groups is 1. The fourth-order valence-electron chi connectivity index (χ4n) is 1.90. The first-order chi connectivity index (χ1) is 6.95. The van der Waals surface area contributed by atoms with Crippen LogP contribution in [0.2, 0.25) is 0 Å². The van der Waals surface area contributed by atoms with E-state index in [4.69, 9.17) is 0 Å². The average Bonchev–Trinajstić information content (AvgIpc) is 2.61. The van der Waals surface area contributed by atoms with Gasteiger partial charge in [-0.15, -0.1) is 0 Å². The summed E-state index contributed by atoms with van der Waals surface area (Å²) in [5.41, 5.74) is 11.2. The molecule has 3 heteroatoms. The number of hydrogen-bond acceptors (Lipinski definition) is 3. The number of hydrogen-bond donors (Lipinski definition) is 2. The molecular formula is C11H11N3. The number of fused-ring (bicyclic) bond motifs is 2. The molecule has 2 aliphatic heterocycles. The molecule has 0 fully saturated rings. The van der Waals surface area contributed by atoms with Crippen LogP contribution < -0.4 is 10.9 Å². The van der Waals surface area contributed by atoms with Crippen molar-refractivity contribution in [1.82, 2.24) is 10.9 Å². The van der Waals surface area contributed by atoms with Gasteiger partial charge >= 0.3 is 0 Å². The molecule has 0 aromatic heterocycles. The minimum atomic E-state index is 0.912. The highest BCUT2D eigenvalue weighted by Crippen LogP contribution is 2.30. The molecule has 0 amide bonds. The van der Waals surface area contributed by atoms with E-state index in [-0.39, 0.29) is 0 Å². The van der Waals surface area contributed by atoms with Crippen molar-refractivity contribution >= 4 is 17.6 Å². The molecule has 1 aromatic rings. The quantitative estimate of drug-likeness (QED) is 0.644. The molecule has 0 atom stereocenters. The standard InChI is InChI=1S/C11H11N3/c1-2-4-10-9(3-1)11-8(5-6-12-10)7-13-14-11/h1-4,6,13-14H,5,7H2. The van der Waals surface area contributed by atoms with Crippen molar-refractivity contribution in [3.05, 3.63) is 35.4 Å². The Labute approximate surface area is 82.5 Å². The highest BCUT2D eigenvalue weighted by atomic mass is 15.4. The summed E-state index contributed by atoms with van der Waals surface area (Å²) in [7, 11) is 0. The van der Waals surface area contributed by atoms with Gasteiger partial charge in [-0.1, -0.05) is 18.2 Å². The van der Waals surface area contributed by atoms with E-state index in [1.54, 1.807) is 0 Å². The molecule has 0 radical (unpaired) electrons. The number of nitrogens with zero attached hydrogens (tertiary/aromatic N) is 1. The summed E-state index contributed by atoms with van der Waals surface area (Å²) in [6.07, 6.45) is 2.92. The lowest BCUT2D eigenvalue weighted by molar-refractivity contribution is 0.729. The Balaban J connectivity index is 2.22. The van der Waals surface area contributed by atoms with E-state index in [1.807, 2.05) is 24.4 Å². The van der Waals surface area contributed by atoms with Gasteiger partial charge in [0.25, 0.3) is 0 Å². The average molecular weight is 185 g/mol. The zero-order chi connectivity index (χ0) is 9.38. The normalized spacial score (nSPS) is 18.6. The van der Waals surface area contributed by atoms with Crippen LogP contribution in [0, 0.1) is 0 Å². The van der Waals surface area contributed by atoms with Gasteiger partial charge in [0.1, 0.15) is 0 Å². The maximum Gasteiger partial charge on any atom is 0.0719 e. The molecule has 3 nitrogen and oxygen atoms in total. The van der Waals surface area contributed by atoms with Gasteiger partial charge in [-0.2, -0.15) is 0 Å². The molecular weight excluding hydrogens is 174 g/mol. The molecule has 0 spiro atoms. The summed E-state index contributed by atoms with van der Waals surface area (Å²) in [6.45, 7) is 0.912. The number of nitrogens with one attached hydrogen (secondary N) is 2. The molecule has 0 unspecified atom stereocenters. The molecule has 0 saturated heterocycles. The van der Waals surface area contributed by atoms with Crippen molar-refractivity contribution in [2.75, 3.05) is 6.54 Å². The van der Waals surface area contributed by atoms with Crippen LogP contribution in [-0.4, -0.2) is 12.8 Å². The largest absolute Gasteiger partial charge is 0.320 e. The van der Waals surface area contributed by atoms with Crippen molar-refractivity contribution in [2.24, 2.45) is 4.99 Å². The lowest BCUT2D eigenvalue weighted by Gasteiger charge is -2.06. The van der Waals surface area contributed by atoms with Gasteiger partial charge in [0.05, 0.1) is 11.4 Å². The number of benzene rings is 1. The van der Waals surface area contributed by atoms with Gasteiger partial charge in [-0.3, -0.25) is 4.99 Å². The fourth-order valence-corrected chi connectivity index (χ4v) is 1.90. The van der Waals surface area contributed by atoms with Gasteiger partial charge in [-0.25, -0.2) is 5.43 Å². The van der Waals surface area contributed by atoms with E-state index in [0.717, 1.165) is 18.7 Å². The summed E-state index contributed by atoms with van der Waals surface area (Å²) >= 11 is 0. The van der Waals surface area contributed by atoms with Crippen LogP contribution in [-0.2, 0) is 0 Å². The van der Waals surface area contributed by atoms with E-state index in [0.29, 0.717) is 0 Å². The molecule has 1 aromatic carbocycles. The van der Waals surface area contributed by atoms with Crippen LogP contribution in [0.5, 0.6) is 0 Å².